The molecule has 2 heterocycles. The summed E-state index contributed by atoms with van der Waals surface area (Å²) < 4.78 is 1.09. The molecule has 1 aliphatic rings. The number of aromatic nitrogens is 1. The van der Waals surface area contributed by atoms with E-state index in [0.29, 0.717) is 0 Å². The van der Waals surface area contributed by atoms with Crippen molar-refractivity contribution in [3.8, 4) is 0 Å². The number of pyridine rings is 1. The first-order chi connectivity index (χ1) is 10.2. The highest BCUT2D eigenvalue weighted by atomic mass is 127. The van der Waals surface area contributed by atoms with Gasteiger partial charge >= 0.3 is 0 Å². The fourth-order valence-electron chi connectivity index (χ4n) is 2.48. The van der Waals surface area contributed by atoms with Crippen molar-refractivity contribution in [1.82, 2.24) is 9.88 Å². The zero-order valence-electron chi connectivity index (χ0n) is 11.6. The fraction of sp³-hybridized carbons (Fsp3) is 0.250. The molecule has 1 fully saturated rings. The zero-order chi connectivity index (χ0) is 14.7. The lowest BCUT2D eigenvalue weighted by molar-refractivity contribution is 0.0746. The molecule has 0 atom stereocenters. The predicted octanol–water partition coefficient (Wildman–Crippen LogP) is 2.65. The van der Waals surface area contributed by atoms with Crippen LogP contribution in [0.15, 0.2) is 48.7 Å². The van der Waals surface area contributed by atoms with Crippen molar-refractivity contribution in [3.63, 3.8) is 0 Å². The Bertz CT molecular complexity index is 624. The molecular weight excluding hydrogens is 377 g/mol. The lowest BCUT2D eigenvalue weighted by Gasteiger charge is -2.35. The monoisotopic (exact) mass is 393 g/mol. The highest BCUT2D eigenvalue weighted by Crippen LogP contribution is 2.15. The number of amides is 1. The van der Waals surface area contributed by atoms with Crippen molar-refractivity contribution in [2.45, 2.75) is 0 Å². The Labute approximate surface area is 137 Å². The molecule has 0 unspecified atom stereocenters. The lowest BCUT2D eigenvalue weighted by atomic mass is 10.2. The molecule has 1 aromatic carbocycles. The number of anilines is 1. The molecule has 5 heteroatoms. The maximum absolute atomic E-state index is 12.5. The maximum atomic E-state index is 12.5. The molecular formula is C16H16IN3O. The molecule has 1 aromatic heterocycles. The van der Waals surface area contributed by atoms with Gasteiger partial charge in [0.2, 0.25) is 0 Å². The van der Waals surface area contributed by atoms with Crippen LogP contribution in [0.3, 0.4) is 0 Å². The van der Waals surface area contributed by atoms with Gasteiger partial charge in [0.05, 0.1) is 0 Å². The fourth-order valence-corrected chi connectivity index (χ4v) is 3.03. The molecule has 0 aliphatic carbocycles. The second-order valence-electron chi connectivity index (χ2n) is 4.98. The smallest absolute Gasteiger partial charge is 0.254 e. The third-order valence-corrected chi connectivity index (χ3v) is 4.28. The van der Waals surface area contributed by atoms with Gasteiger partial charge in [0.1, 0.15) is 5.82 Å². The van der Waals surface area contributed by atoms with E-state index in [-0.39, 0.29) is 5.91 Å². The van der Waals surface area contributed by atoms with Crippen LogP contribution in [-0.4, -0.2) is 42.0 Å². The molecule has 0 saturated carbocycles. The zero-order valence-corrected chi connectivity index (χ0v) is 13.7. The van der Waals surface area contributed by atoms with Crippen LogP contribution in [0, 0.1) is 3.57 Å². The highest BCUT2D eigenvalue weighted by molar-refractivity contribution is 14.1. The van der Waals surface area contributed by atoms with Crippen LogP contribution in [0.25, 0.3) is 0 Å². The molecule has 2 aromatic rings. The molecule has 0 radical (unpaired) electrons. The van der Waals surface area contributed by atoms with Gasteiger partial charge in [-0.2, -0.15) is 0 Å². The Kier molecular flexibility index (Phi) is 4.38. The predicted molar refractivity (Wildman–Crippen MR) is 91.5 cm³/mol. The molecule has 3 rings (SSSR count). The minimum Gasteiger partial charge on any atom is -0.353 e. The first-order valence-electron chi connectivity index (χ1n) is 6.95. The summed E-state index contributed by atoms with van der Waals surface area (Å²) in [6, 6.07) is 13.7. The van der Waals surface area contributed by atoms with Crippen molar-refractivity contribution in [1.29, 1.82) is 0 Å². The van der Waals surface area contributed by atoms with Crippen molar-refractivity contribution >= 4 is 34.3 Å². The number of nitrogens with zero attached hydrogens (tertiary/aromatic N) is 3. The Morgan fingerprint density at radius 2 is 1.86 bits per heavy atom. The number of carbonyl (C=O) groups excluding carboxylic acids is 1. The number of piperazine rings is 1. The number of halogens is 1. The number of carbonyl (C=O) groups is 1. The Morgan fingerprint density at radius 3 is 2.52 bits per heavy atom. The average Bonchev–Trinajstić information content (AvgIpc) is 2.55. The summed E-state index contributed by atoms with van der Waals surface area (Å²) >= 11 is 2.23. The molecule has 1 aliphatic heterocycles. The van der Waals surface area contributed by atoms with E-state index in [2.05, 4.69) is 32.5 Å². The van der Waals surface area contributed by atoms with Gasteiger partial charge in [-0.25, -0.2) is 4.98 Å². The van der Waals surface area contributed by atoms with E-state index in [0.717, 1.165) is 41.1 Å². The van der Waals surface area contributed by atoms with Crippen molar-refractivity contribution in [2.24, 2.45) is 0 Å². The Hall–Kier alpha value is -1.63. The van der Waals surface area contributed by atoms with Gasteiger partial charge in [0, 0.05) is 41.5 Å². The topological polar surface area (TPSA) is 36.4 Å². The minimum absolute atomic E-state index is 0.120. The van der Waals surface area contributed by atoms with Gasteiger partial charge in [0.15, 0.2) is 0 Å². The second-order valence-corrected chi connectivity index (χ2v) is 6.22. The summed E-state index contributed by atoms with van der Waals surface area (Å²) in [4.78, 5) is 21.0. The van der Waals surface area contributed by atoms with Crippen molar-refractivity contribution < 1.29 is 4.79 Å². The van der Waals surface area contributed by atoms with Crippen LogP contribution in [-0.2, 0) is 0 Å². The second kappa shape index (κ2) is 6.43. The summed E-state index contributed by atoms with van der Waals surface area (Å²) in [5.41, 5.74) is 0.771. The van der Waals surface area contributed by atoms with E-state index in [9.17, 15) is 4.79 Å². The van der Waals surface area contributed by atoms with Crippen LogP contribution in [0.2, 0.25) is 0 Å². The third kappa shape index (κ3) is 3.34. The molecule has 1 saturated heterocycles. The largest absolute Gasteiger partial charge is 0.353 e. The van der Waals surface area contributed by atoms with E-state index < -0.39 is 0 Å². The molecule has 4 nitrogen and oxygen atoms in total. The molecule has 0 spiro atoms. The maximum Gasteiger partial charge on any atom is 0.254 e. The van der Waals surface area contributed by atoms with Gasteiger partial charge in [-0.05, 0) is 52.9 Å². The Morgan fingerprint density at radius 1 is 1.05 bits per heavy atom. The summed E-state index contributed by atoms with van der Waals surface area (Å²) in [5.74, 6) is 1.10. The normalized spacial score (nSPS) is 15.1. The minimum atomic E-state index is 0.120. The summed E-state index contributed by atoms with van der Waals surface area (Å²) in [6.07, 6.45) is 1.80. The van der Waals surface area contributed by atoms with E-state index in [1.165, 1.54) is 0 Å². The van der Waals surface area contributed by atoms with Crippen molar-refractivity contribution in [2.75, 3.05) is 31.1 Å². The molecule has 108 valence electrons. The standard InChI is InChI=1S/C16H16IN3O/c17-14-5-3-4-13(12-14)16(21)20-10-8-19(9-11-20)15-6-1-2-7-18-15/h1-7,12H,8-11H2. The molecule has 21 heavy (non-hydrogen) atoms. The van der Waals surface area contributed by atoms with Crippen LogP contribution >= 0.6 is 22.6 Å². The van der Waals surface area contributed by atoms with Gasteiger partial charge in [-0.1, -0.05) is 12.1 Å². The SMILES string of the molecule is O=C(c1cccc(I)c1)N1CCN(c2ccccn2)CC1. The Balaban J connectivity index is 1.64. The molecule has 0 N–H and O–H groups in total. The number of rotatable bonds is 2. The summed E-state index contributed by atoms with van der Waals surface area (Å²) in [5, 5.41) is 0. The van der Waals surface area contributed by atoms with Crippen LogP contribution < -0.4 is 4.90 Å². The molecule has 0 bridgehead atoms. The molecule has 1 amide bonds. The number of benzene rings is 1. The lowest BCUT2D eigenvalue weighted by Crippen LogP contribution is -2.49. The van der Waals surface area contributed by atoms with E-state index >= 15 is 0 Å². The number of hydrogen-bond acceptors (Lipinski definition) is 3. The van der Waals surface area contributed by atoms with E-state index in [1.807, 2.05) is 47.4 Å². The summed E-state index contributed by atoms with van der Waals surface area (Å²) in [6.45, 7) is 3.13. The van der Waals surface area contributed by atoms with Gasteiger partial charge in [0.25, 0.3) is 5.91 Å². The third-order valence-electron chi connectivity index (χ3n) is 3.61. The van der Waals surface area contributed by atoms with Crippen LogP contribution in [0.1, 0.15) is 10.4 Å². The summed E-state index contributed by atoms with van der Waals surface area (Å²) in [7, 11) is 0. The van der Waals surface area contributed by atoms with Crippen LogP contribution in [0.5, 0.6) is 0 Å². The first-order valence-corrected chi connectivity index (χ1v) is 8.03. The van der Waals surface area contributed by atoms with Crippen LogP contribution in [0.4, 0.5) is 5.82 Å². The quantitative estimate of drug-likeness (QED) is 0.737. The first kappa shape index (κ1) is 14.3. The number of hydrogen-bond donors (Lipinski definition) is 0. The van der Waals surface area contributed by atoms with Gasteiger partial charge in [-0.15, -0.1) is 0 Å². The van der Waals surface area contributed by atoms with Gasteiger partial charge < -0.3 is 9.80 Å². The van der Waals surface area contributed by atoms with E-state index in [4.69, 9.17) is 0 Å². The van der Waals surface area contributed by atoms with E-state index in [1.54, 1.807) is 6.20 Å². The van der Waals surface area contributed by atoms with Crippen molar-refractivity contribution in [3.05, 3.63) is 57.8 Å². The average molecular weight is 393 g/mol. The highest BCUT2D eigenvalue weighted by Gasteiger charge is 2.22. The van der Waals surface area contributed by atoms with Gasteiger partial charge in [-0.3, -0.25) is 4.79 Å².